The molecule has 0 unspecified atom stereocenters. The SMILES string of the molecule is CCNC(=O)Cn1c(=O)n(C)c2cnc(-c3ccc(Cl)cc3)nc21. The summed E-state index contributed by atoms with van der Waals surface area (Å²) >= 11 is 5.90. The van der Waals surface area contributed by atoms with Crippen LogP contribution < -0.4 is 11.0 Å². The molecule has 1 N–H and O–H groups in total. The zero-order chi connectivity index (χ0) is 17.3. The summed E-state index contributed by atoms with van der Waals surface area (Å²) in [6, 6.07) is 7.10. The van der Waals surface area contributed by atoms with E-state index in [4.69, 9.17) is 11.6 Å². The second kappa shape index (κ2) is 6.45. The lowest BCUT2D eigenvalue weighted by Gasteiger charge is -2.04. The second-order valence-electron chi connectivity index (χ2n) is 5.29. The van der Waals surface area contributed by atoms with Gasteiger partial charge in [0.1, 0.15) is 12.1 Å². The van der Waals surface area contributed by atoms with Crippen molar-refractivity contribution in [3.05, 3.63) is 46.0 Å². The first kappa shape index (κ1) is 16.2. The minimum Gasteiger partial charge on any atom is -0.355 e. The summed E-state index contributed by atoms with van der Waals surface area (Å²) in [6.45, 7) is 2.25. The largest absolute Gasteiger partial charge is 0.355 e. The highest BCUT2D eigenvalue weighted by atomic mass is 35.5. The number of fused-ring (bicyclic) bond motifs is 1. The van der Waals surface area contributed by atoms with Crippen LogP contribution in [0.4, 0.5) is 0 Å². The number of halogens is 1. The first-order valence-electron chi connectivity index (χ1n) is 7.46. The van der Waals surface area contributed by atoms with Gasteiger partial charge in [-0.15, -0.1) is 0 Å². The van der Waals surface area contributed by atoms with Crippen molar-refractivity contribution < 1.29 is 4.79 Å². The summed E-state index contributed by atoms with van der Waals surface area (Å²) in [5, 5.41) is 3.30. The van der Waals surface area contributed by atoms with E-state index >= 15 is 0 Å². The van der Waals surface area contributed by atoms with Gasteiger partial charge in [0.05, 0.1) is 6.20 Å². The topological polar surface area (TPSA) is 81.8 Å². The van der Waals surface area contributed by atoms with Gasteiger partial charge in [-0.3, -0.25) is 13.9 Å². The summed E-state index contributed by atoms with van der Waals surface area (Å²) < 4.78 is 2.78. The van der Waals surface area contributed by atoms with Crippen LogP contribution in [-0.4, -0.2) is 31.6 Å². The molecule has 0 radical (unpaired) electrons. The third kappa shape index (κ3) is 2.90. The Morgan fingerprint density at radius 3 is 2.67 bits per heavy atom. The van der Waals surface area contributed by atoms with Crippen LogP contribution in [0.15, 0.2) is 35.3 Å². The first-order valence-corrected chi connectivity index (χ1v) is 7.84. The van der Waals surface area contributed by atoms with Crippen molar-refractivity contribution >= 4 is 28.7 Å². The quantitative estimate of drug-likeness (QED) is 0.778. The van der Waals surface area contributed by atoms with Crippen molar-refractivity contribution in [3.8, 4) is 11.4 Å². The van der Waals surface area contributed by atoms with Crippen molar-refractivity contribution in [2.45, 2.75) is 13.5 Å². The fraction of sp³-hybridized carbons (Fsp3) is 0.250. The Morgan fingerprint density at radius 1 is 1.29 bits per heavy atom. The number of rotatable bonds is 4. The van der Waals surface area contributed by atoms with E-state index < -0.39 is 0 Å². The van der Waals surface area contributed by atoms with Crippen LogP contribution in [0.3, 0.4) is 0 Å². The highest BCUT2D eigenvalue weighted by Crippen LogP contribution is 2.20. The van der Waals surface area contributed by atoms with E-state index in [9.17, 15) is 9.59 Å². The number of imidazole rings is 1. The zero-order valence-corrected chi connectivity index (χ0v) is 14.0. The molecule has 3 aromatic rings. The maximum absolute atomic E-state index is 12.4. The molecule has 1 aromatic carbocycles. The molecule has 0 aliphatic rings. The lowest BCUT2D eigenvalue weighted by Crippen LogP contribution is -2.32. The molecule has 8 heteroatoms. The first-order chi connectivity index (χ1) is 11.5. The highest BCUT2D eigenvalue weighted by Gasteiger charge is 2.16. The van der Waals surface area contributed by atoms with Gasteiger partial charge in [-0.05, 0) is 31.2 Å². The minimum atomic E-state index is -0.307. The normalized spacial score (nSPS) is 11.0. The molecule has 0 fully saturated rings. The molecule has 124 valence electrons. The van der Waals surface area contributed by atoms with Crippen molar-refractivity contribution in [1.82, 2.24) is 24.4 Å². The third-order valence-electron chi connectivity index (χ3n) is 3.66. The van der Waals surface area contributed by atoms with Crippen molar-refractivity contribution in [2.24, 2.45) is 7.05 Å². The van der Waals surface area contributed by atoms with Crippen LogP contribution in [0.5, 0.6) is 0 Å². The summed E-state index contributed by atoms with van der Waals surface area (Å²) in [7, 11) is 1.63. The highest BCUT2D eigenvalue weighted by molar-refractivity contribution is 6.30. The molecule has 0 spiro atoms. The fourth-order valence-electron chi connectivity index (χ4n) is 2.45. The molecule has 0 aliphatic carbocycles. The van der Waals surface area contributed by atoms with Gasteiger partial charge in [0.2, 0.25) is 5.91 Å². The van der Waals surface area contributed by atoms with Crippen LogP contribution in [0.1, 0.15) is 6.92 Å². The number of carbonyl (C=O) groups is 1. The Hall–Kier alpha value is -2.67. The van der Waals surface area contributed by atoms with E-state index in [2.05, 4.69) is 15.3 Å². The molecule has 24 heavy (non-hydrogen) atoms. The molecule has 0 atom stereocenters. The monoisotopic (exact) mass is 345 g/mol. The summed E-state index contributed by atoms with van der Waals surface area (Å²) in [5.41, 5.74) is 1.47. The standard InChI is InChI=1S/C16H16ClN5O2/c1-3-18-13(23)9-22-15-12(21(2)16(22)24)8-19-14(20-15)10-4-6-11(17)7-5-10/h4-8H,3,9H2,1-2H3,(H,18,23). The number of carbonyl (C=O) groups excluding carboxylic acids is 1. The van der Waals surface area contributed by atoms with Gasteiger partial charge < -0.3 is 5.32 Å². The molecule has 2 aromatic heterocycles. The summed E-state index contributed by atoms with van der Waals surface area (Å²) in [6.07, 6.45) is 1.59. The average molecular weight is 346 g/mol. The molecular weight excluding hydrogens is 330 g/mol. The Morgan fingerprint density at radius 2 is 2.00 bits per heavy atom. The van der Waals surface area contributed by atoms with Gasteiger partial charge in [-0.25, -0.2) is 14.8 Å². The lowest BCUT2D eigenvalue weighted by atomic mass is 10.2. The predicted molar refractivity (Wildman–Crippen MR) is 91.9 cm³/mol. The van der Waals surface area contributed by atoms with E-state index in [-0.39, 0.29) is 18.1 Å². The average Bonchev–Trinajstić information content (AvgIpc) is 2.80. The maximum atomic E-state index is 12.4. The number of aryl methyl sites for hydroxylation is 1. The van der Waals surface area contributed by atoms with E-state index in [1.807, 2.05) is 6.92 Å². The number of aromatic nitrogens is 4. The van der Waals surface area contributed by atoms with Gasteiger partial charge in [0, 0.05) is 24.2 Å². The molecule has 0 aliphatic heterocycles. The van der Waals surface area contributed by atoms with Crippen LogP contribution in [0, 0.1) is 0 Å². The Labute approximate surface area is 142 Å². The van der Waals surface area contributed by atoms with Crippen LogP contribution in [-0.2, 0) is 18.4 Å². The molecule has 3 rings (SSSR count). The van der Waals surface area contributed by atoms with Crippen molar-refractivity contribution in [3.63, 3.8) is 0 Å². The second-order valence-corrected chi connectivity index (χ2v) is 5.73. The van der Waals surface area contributed by atoms with Gasteiger partial charge in [-0.1, -0.05) is 11.6 Å². The van der Waals surface area contributed by atoms with Crippen molar-refractivity contribution in [1.29, 1.82) is 0 Å². The van der Waals surface area contributed by atoms with Gasteiger partial charge in [0.15, 0.2) is 11.5 Å². The molecule has 0 saturated heterocycles. The number of nitrogens with one attached hydrogen (secondary N) is 1. The number of benzene rings is 1. The number of likely N-dealkylation sites (N-methyl/N-ethyl adjacent to an activating group) is 1. The molecule has 1 amide bonds. The Balaban J connectivity index is 2.12. The van der Waals surface area contributed by atoms with E-state index in [0.717, 1.165) is 5.56 Å². The van der Waals surface area contributed by atoms with E-state index in [1.165, 1.54) is 9.13 Å². The number of hydrogen-bond acceptors (Lipinski definition) is 4. The minimum absolute atomic E-state index is 0.0823. The molecule has 7 nitrogen and oxygen atoms in total. The van der Waals surface area contributed by atoms with E-state index in [1.54, 1.807) is 37.5 Å². The van der Waals surface area contributed by atoms with Gasteiger partial charge in [0.25, 0.3) is 0 Å². The smallest absolute Gasteiger partial charge is 0.330 e. The molecule has 0 saturated carbocycles. The maximum Gasteiger partial charge on any atom is 0.330 e. The van der Waals surface area contributed by atoms with Gasteiger partial charge >= 0.3 is 5.69 Å². The zero-order valence-electron chi connectivity index (χ0n) is 13.3. The molecule has 2 heterocycles. The number of amides is 1. The fourth-order valence-corrected chi connectivity index (χ4v) is 2.58. The number of nitrogens with zero attached hydrogens (tertiary/aromatic N) is 4. The van der Waals surface area contributed by atoms with Crippen molar-refractivity contribution in [2.75, 3.05) is 6.54 Å². The summed E-state index contributed by atoms with van der Waals surface area (Å²) in [5.74, 6) is 0.230. The number of hydrogen-bond donors (Lipinski definition) is 1. The van der Waals surface area contributed by atoms with Crippen LogP contribution in [0.25, 0.3) is 22.6 Å². The van der Waals surface area contributed by atoms with Crippen LogP contribution in [0.2, 0.25) is 5.02 Å². The van der Waals surface area contributed by atoms with Gasteiger partial charge in [-0.2, -0.15) is 0 Å². The van der Waals surface area contributed by atoms with E-state index in [0.29, 0.717) is 28.6 Å². The molecular formula is C16H16ClN5O2. The Kier molecular flexibility index (Phi) is 4.35. The third-order valence-corrected chi connectivity index (χ3v) is 3.91. The van der Waals surface area contributed by atoms with Crippen LogP contribution >= 0.6 is 11.6 Å². The predicted octanol–water partition coefficient (Wildman–Crippen LogP) is 1.59. The Bertz CT molecular complexity index is 959. The molecule has 0 bridgehead atoms. The lowest BCUT2D eigenvalue weighted by molar-refractivity contribution is -0.121. The summed E-state index contributed by atoms with van der Waals surface area (Å²) in [4.78, 5) is 33.0.